The molecule has 0 unspecified atom stereocenters. The Labute approximate surface area is 186 Å². The number of amides is 2. The molecular weight excluding hydrogens is 406 g/mol. The van der Waals surface area contributed by atoms with Crippen LogP contribution in [0.25, 0.3) is 5.57 Å². The first kappa shape index (κ1) is 21.1. The fourth-order valence-electron chi connectivity index (χ4n) is 3.70. The van der Waals surface area contributed by atoms with Gasteiger partial charge in [0, 0.05) is 18.9 Å². The molecule has 3 aromatic rings. The van der Waals surface area contributed by atoms with Crippen LogP contribution in [-0.4, -0.2) is 43.0 Å². The highest BCUT2D eigenvalue weighted by Crippen LogP contribution is 2.37. The maximum absolute atomic E-state index is 13.5. The number of anilines is 1. The second-order valence-corrected chi connectivity index (χ2v) is 7.21. The van der Waals surface area contributed by atoms with Gasteiger partial charge < -0.3 is 14.4 Å². The van der Waals surface area contributed by atoms with Crippen LogP contribution in [0, 0.1) is 0 Å². The Kier molecular flexibility index (Phi) is 5.89. The zero-order valence-corrected chi connectivity index (χ0v) is 18.1. The lowest BCUT2D eigenvalue weighted by atomic mass is 10.0. The normalized spacial score (nSPS) is 13.5. The average molecular weight is 429 g/mol. The van der Waals surface area contributed by atoms with Crippen LogP contribution in [0.1, 0.15) is 11.3 Å². The van der Waals surface area contributed by atoms with Gasteiger partial charge in [-0.3, -0.25) is 19.5 Å². The van der Waals surface area contributed by atoms with E-state index < -0.39 is 0 Å². The molecule has 0 radical (unpaired) electrons. The van der Waals surface area contributed by atoms with Crippen molar-refractivity contribution >= 4 is 23.1 Å². The number of nitrogens with zero attached hydrogens (tertiary/aromatic N) is 3. The number of methoxy groups -OCH3 is 2. The van der Waals surface area contributed by atoms with Crippen molar-refractivity contribution in [1.29, 1.82) is 0 Å². The molecule has 7 nitrogen and oxygen atoms in total. The first-order valence-corrected chi connectivity index (χ1v) is 10.1. The zero-order valence-electron chi connectivity index (χ0n) is 18.1. The maximum atomic E-state index is 13.5. The number of likely N-dealkylation sites (N-methyl/N-ethyl adjacent to an activating group) is 1. The minimum absolute atomic E-state index is 0.0847. The SMILES string of the molecule is COc1ccc(C2=C(N(C)c3ccccc3)C(=O)N(Cc3ccccn3)C2=O)cc1OC. The molecule has 162 valence electrons. The molecule has 0 fully saturated rings. The Balaban J connectivity index is 1.83. The summed E-state index contributed by atoms with van der Waals surface area (Å²) in [4.78, 5) is 34.3. The van der Waals surface area contributed by atoms with Gasteiger partial charge in [0.2, 0.25) is 0 Å². The molecule has 1 aliphatic heterocycles. The second-order valence-electron chi connectivity index (χ2n) is 7.21. The fourth-order valence-corrected chi connectivity index (χ4v) is 3.70. The monoisotopic (exact) mass is 429 g/mol. The first-order chi connectivity index (χ1) is 15.5. The summed E-state index contributed by atoms with van der Waals surface area (Å²) in [6.07, 6.45) is 1.64. The number of ether oxygens (including phenoxy) is 2. The van der Waals surface area contributed by atoms with Crippen molar-refractivity contribution in [3.8, 4) is 11.5 Å². The van der Waals surface area contributed by atoms with Gasteiger partial charge in [0.15, 0.2) is 11.5 Å². The van der Waals surface area contributed by atoms with Gasteiger partial charge >= 0.3 is 0 Å². The summed E-state index contributed by atoms with van der Waals surface area (Å²) in [5.41, 5.74) is 2.59. The fraction of sp³-hybridized carbons (Fsp3) is 0.160. The topological polar surface area (TPSA) is 72.0 Å². The van der Waals surface area contributed by atoms with E-state index in [0.29, 0.717) is 34.0 Å². The van der Waals surface area contributed by atoms with Crippen LogP contribution in [0.4, 0.5) is 5.69 Å². The van der Waals surface area contributed by atoms with Crippen molar-refractivity contribution in [2.45, 2.75) is 6.54 Å². The van der Waals surface area contributed by atoms with E-state index in [0.717, 1.165) is 5.69 Å². The molecule has 0 atom stereocenters. The van der Waals surface area contributed by atoms with Crippen molar-refractivity contribution < 1.29 is 19.1 Å². The summed E-state index contributed by atoms with van der Waals surface area (Å²) < 4.78 is 10.7. The predicted molar refractivity (Wildman–Crippen MR) is 121 cm³/mol. The van der Waals surface area contributed by atoms with Crippen molar-refractivity contribution in [3.05, 3.63) is 89.9 Å². The molecule has 7 heteroatoms. The molecule has 1 aromatic heterocycles. The van der Waals surface area contributed by atoms with Gasteiger partial charge in [-0.05, 0) is 42.0 Å². The van der Waals surface area contributed by atoms with E-state index in [9.17, 15) is 9.59 Å². The number of rotatable bonds is 7. The third-order valence-corrected chi connectivity index (χ3v) is 5.34. The third kappa shape index (κ3) is 3.80. The third-order valence-electron chi connectivity index (χ3n) is 5.34. The quantitative estimate of drug-likeness (QED) is 0.535. The van der Waals surface area contributed by atoms with Crippen molar-refractivity contribution in [3.63, 3.8) is 0 Å². The molecule has 32 heavy (non-hydrogen) atoms. The van der Waals surface area contributed by atoms with Crippen molar-refractivity contribution in [2.75, 3.05) is 26.2 Å². The lowest BCUT2D eigenvalue weighted by Crippen LogP contribution is -2.34. The molecule has 0 saturated heterocycles. The van der Waals surface area contributed by atoms with Gasteiger partial charge in [0.05, 0.1) is 32.0 Å². The number of para-hydroxylation sites is 1. The second kappa shape index (κ2) is 8.93. The van der Waals surface area contributed by atoms with E-state index in [-0.39, 0.29) is 18.4 Å². The van der Waals surface area contributed by atoms with E-state index in [1.807, 2.05) is 36.4 Å². The zero-order chi connectivity index (χ0) is 22.7. The van der Waals surface area contributed by atoms with E-state index in [4.69, 9.17) is 9.47 Å². The van der Waals surface area contributed by atoms with E-state index >= 15 is 0 Å². The molecule has 2 aromatic carbocycles. The van der Waals surface area contributed by atoms with E-state index in [2.05, 4.69) is 4.98 Å². The first-order valence-electron chi connectivity index (χ1n) is 10.1. The molecule has 0 saturated carbocycles. The average Bonchev–Trinajstić information content (AvgIpc) is 3.09. The molecule has 1 aliphatic rings. The lowest BCUT2D eigenvalue weighted by molar-refractivity contribution is -0.137. The summed E-state index contributed by atoms with van der Waals surface area (Å²) in [6, 6.07) is 20.0. The van der Waals surface area contributed by atoms with Gasteiger partial charge in [0.25, 0.3) is 11.8 Å². The van der Waals surface area contributed by atoms with E-state index in [1.165, 1.54) is 12.0 Å². The van der Waals surface area contributed by atoms with Crippen LogP contribution in [0.2, 0.25) is 0 Å². The largest absolute Gasteiger partial charge is 0.493 e. The van der Waals surface area contributed by atoms with Crippen molar-refractivity contribution in [2.24, 2.45) is 0 Å². The van der Waals surface area contributed by atoms with Crippen LogP contribution < -0.4 is 14.4 Å². The lowest BCUT2D eigenvalue weighted by Gasteiger charge is -2.21. The summed E-state index contributed by atoms with van der Waals surface area (Å²) in [6.45, 7) is 0.0847. The Morgan fingerprint density at radius 2 is 1.59 bits per heavy atom. The predicted octanol–water partition coefficient (Wildman–Crippen LogP) is 3.52. The van der Waals surface area contributed by atoms with Crippen LogP contribution in [0.5, 0.6) is 11.5 Å². The molecule has 2 heterocycles. The highest BCUT2D eigenvalue weighted by atomic mass is 16.5. The summed E-state index contributed by atoms with van der Waals surface area (Å²) in [5, 5.41) is 0. The smallest absolute Gasteiger partial charge is 0.278 e. The van der Waals surface area contributed by atoms with Crippen LogP contribution in [0.3, 0.4) is 0 Å². The molecular formula is C25H23N3O4. The number of hydrogen-bond donors (Lipinski definition) is 0. The number of aromatic nitrogens is 1. The highest BCUT2D eigenvalue weighted by molar-refractivity contribution is 6.36. The molecule has 0 bridgehead atoms. The molecule has 2 amide bonds. The van der Waals surface area contributed by atoms with Gasteiger partial charge in [0.1, 0.15) is 5.70 Å². The van der Waals surface area contributed by atoms with Crippen LogP contribution >= 0.6 is 0 Å². The maximum Gasteiger partial charge on any atom is 0.278 e. The minimum atomic E-state index is -0.384. The summed E-state index contributed by atoms with van der Waals surface area (Å²) in [7, 11) is 4.85. The van der Waals surface area contributed by atoms with Gasteiger partial charge in [-0.25, -0.2) is 0 Å². The standard InChI is InChI=1S/C25H23N3O4/c1-27(19-10-5-4-6-11-19)23-22(17-12-13-20(31-2)21(15-17)32-3)24(29)28(25(23)30)16-18-9-7-8-14-26-18/h4-15H,16H2,1-3H3. The number of carbonyl (C=O) groups excluding carboxylic acids is 2. The van der Waals surface area contributed by atoms with Crippen molar-refractivity contribution in [1.82, 2.24) is 9.88 Å². The van der Waals surface area contributed by atoms with E-state index in [1.54, 1.807) is 55.6 Å². The Hall–Kier alpha value is -4.13. The summed E-state index contributed by atoms with van der Waals surface area (Å²) in [5.74, 6) is 0.252. The Bertz CT molecular complexity index is 1180. The molecule has 0 N–H and O–H groups in total. The van der Waals surface area contributed by atoms with Gasteiger partial charge in [-0.1, -0.05) is 30.3 Å². The Morgan fingerprint density at radius 3 is 2.25 bits per heavy atom. The minimum Gasteiger partial charge on any atom is -0.493 e. The number of pyridine rings is 1. The molecule has 4 rings (SSSR count). The summed E-state index contributed by atoms with van der Waals surface area (Å²) >= 11 is 0. The number of hydrogen-bond acceptors (Lipinski definition) is 6. The number of carbonyl (C=O) groups is 2. The Morgan fingerprint density at radius 1 is 0.875 bits per heavy atom. The number of imide groups is 1. The van der Waals surface area contributed by atoms with Gasteiger partial charge in [-0.15, -0.1) is 0 Å². The molecule has 0 aliphatic carbocycles. The highest BCUT2D eigenvalue weighted by Gasteiger charge is 2.41. The number of benzene rings is 2. The molecule has 0 spiro atoms. The van der Waals surface area contributed by atoms with Crippen LogP contribution in [0.15, 0.2) is 78.6 Å². The van der Waals surface area contributed by atoms with Gasteiger partial charge in [-0.2, -0.15) is 0 Å². The van der Waals surface area contributed by atoms with Crippen LogP contribution in [-0.2, 0) is 16.1 Å².